The minimum absolute atomic E-state index is 0.196. The van der Waals surface area contributed by atoms with Crippen molar-refractivity contribution >= 4 is 17.7 Å². The van der Waals surface area contributed by atoms with Crippen molar-refractivity contribution in [2.24, 2.45) is 0 Å². The monoisotopic (exact) mass is 398 g/mol. The van der Waals surface area contributed by atoms with E-state index in [-0.39, 0.29) is 5.91 Å². The van der Waals surface area contributed by atoms with Crippen LogP contribution in [-0.2, 0) is 11.2 Å². The van der Waals surface area contributed by atoms with Gasteiger partial charge in [0.25, 0.3) is 0 Å². The van der Waals surface area contributed by atoms with Crippen LogP contribution in [0.3, 0.4) is 0 Å². The van der Waals surface area contributed by atoms with E-state index in [0.29, 0.717) is 12.8 Å². The number of aromatic nitrogens is 3. The first-order chi connectivity index (χ1) is 14.1. The van der Waals surface area contributed by atoms with Crippen LogP contribution in [0.1, 0.15) is 42.7 Å². The molecule has 2 saturated heterocycles. The fraction of sp³-hybridized carbons (Fsp3) is 0.619. The molecule has 2 fully saturated rings. The third kappa shape index (κ3) is 4.52. The van der Waals surface area contributed by atoms with Gasteiger partial charge in [-0.15, -0.1) is 0 Å². The Kier molecular flexibility index (Phi) is 5.97. The zero-order valence-corrected chi connectivity index (χ0v) is 17.4. The Balaban J connectivity index is 1.30. The van der Waals surface area contributed by atoms with E-state index in [1.807, 2.05) is 31.0 Å². The molecule has 0 bridgehead atoms. The van der Waals surface area contributed by atoms with Crippen LogP contribution >= 0.6 is 0 Å². The normalized spacial score (nSPS) is 17.7. The molecule has 2 aliphatic rings. The Labute approximate surface area is 171 Å². The lowest BCUT2D eigenvalue weighted by Gasteiger charge is -2.36. The van der Waals surface area contributed by atoms with Crippen molar-refractivity contribution in [3.63, 3.8) is 0 Å². The van der Waals surface area contributed by atoms with Crippen molar-refractivity contribution in [1.82, 2.24) is 20.0 Å². The molecule has 0 spiro atoms. The molecule has 2 aromatic rings. The highest BCUT2D eigenvalue weighted by atomic mass is 16.5. The van der Waals surface area contributed by atoms with E-state index in [0.717, 1.165) is 68.1 Å². The van der Waals surface area contributed by atoms with Gasteiger partial charge < -0.3 is 19.2 Å². The summed E-state index contributed by atoms with van der Waals surface area (Å²) in [6, 6.07) is 1.97. The van der Waals surface area contributed by atoms with Crippen molar-refractivity contribution in [3.8, 4) is 0 Å². The van der Waals surface area contributed by atoms with Gasteiger partial charge in [0.05, 0.1) is 5.69 Å². The van der Waals surface area contributed by atoms with E-state index in [4.69, 9.17) is 9.51 Å². The highest BCUT2D eigenvalue weighted by Crippen LogP contribution is 2.20. The molecule has 2 aromatic heterocycles. The molecular formula is C21H30N6O2. The third-order valence-electron chi connectivity index (χ3n) is 5.99. The Hall–Kier alpha value is -2.64. The average Bonchev–Trinajstić information content (AvgIpc) is 3.10. The summed E-state index contributed by atoms with van der Waals surface area (Å²) < 4.78 is 5.19. The number of piperidine rings is 1. The fourth-order valence-corrected chi connectivity index (χ4v) is 4.20. The van der Waals surface area contributed by atoms with Crippen molar-refractivity contribution in [2.45, 2.75) is 46.0 Å². The Morgan fingerprint density at radius 1 is 1.03 bits per heavy atom. The van der Waals surface area contributed by atoms with Crippen LogP contribution < -0.4 is 9.80 Å². The van der Waals surface area contributed by atoms with Crippen molar-refractivity contribution < 1.29 is 9.32 Å². The summed E-state index contributed by atoms with van der Waals surface area (Å²) in [7, 11) is 0. The molecule has 156 valence electrons. The summed E-state index contributed by atoms with van der Waals surface area (Å²) >= 11 is 0. The number of anilines is 2. The largest absolute Gasteiger partial charge is 0.361 e. The summed E-state index contributed by atoms with van der Waals surface area (Å²) in [6.07, 6.45) is 6.75. The number of nitrogens with zero attached hydrogens (tertiary/aromatic N) is 6. The SMILES string of the molecule is Cc1noc(C)c1CCC(=O)N1CCN(c2ccnc(N3CCCCC3)n2)CC1. The van der Waals surface area contributed by atoms with Crippen LogP contribution in [0.15, 0.2) is 16.8 Å². The Bertz CT molecular complexity index is 818. The van der Waals surface area contributed by atoms with E-state index in [1.54, 1.807) is 0 Å². The summed E-state index contributed by atoms with van der Waals surface area (Å²) in [5, 5.41) is 3.97. The molecule has 1 amide bonds. The number of hydrogen-bond donors (Lipinski definition) is 0. The first-order valence-electron chi connectivity index (χ1n) is 10.6. The fourth-order valence-electron chi connectivity index (χ4n) is 4.20. The van der Waals surface area contributed by atoms with E-state index in [9.17, 15) is 4.79 Å². The molecule has 4 rings (SSSR count). The maximum absolute atomic E-state index is 12.6. The predicted molar refractivity (Wildman–Crippen MR) is 111 cm³/mol. The minimum Gasteiger partial charge on any atom is -0.361 e. The highest BCUT2D eigenvalue weighted by molar-refractivity contribution is 5.76. The Morgan fingerprint density at radius 2 is 1.79 bits per heavy atom. The Morgan fingerprint density at radius 3 is 2.48 bits per heavy atom. The topological polar surface area (TPSA) is 78.6 Å². The van der Waals surface area contributed by atoms with Crippen LogP contribution in [0.5, 0.6) is 0 Å². The van der Waals surface area contributed by atoms with Gasteiger partial charge in [-0.2, -0.15) is 4.98 Å². The quantitative estimate of drug-likeness (QED) is 0.765. The molecule has 29 heavy (non-hydrogen) atoms. The molecular weight excluding hydrogens is 368 g/mol. The first-order valence-corrected chi connectivity index (χ1v) is 10.6. The number of aryl methyl sites for hydroxylation is 2. The predicted octanol–water partition coefficient (Wildman–Crippen LogP) is 2.35. The number of hydrogen-bond acceptors (Lipinski definition) is 7. The smallest absolute Gasteiger partial charge is 0.227 e. The molecule has 0 atom stereocenters. The van der Waals surface area contributed by atoms with Crippen LogP contribution in [0.4, 0.5) is 11.8 Å². The van der Waals surface area contributed by atoms with E-state index >= 15 is 0 Å². The maximum Gasteiger partial charge on any atom is 0.227 e. The summed E-state index contributed by atoms with van der Waals surface area (Å²) in [5.74, 6) is 2.80. The molecule has 0 aromatic carbocycles. The summed E-state index contributed by atoms with van der Waals surface area (Å²) in [5.41, 5.74) is 1.94. The standard InChI is InChI=1S/C21H30N6O2/c1-16-18(17(2)29-24-16)6-7-20(28)26-14-12-25(13-15-26)19-8-9-22-21(23-19)27-10-4-3-5-11-27/h8-9H,3-7,10-15H2,1-2H3. The molecule has 0 aliphatic carbocycles. The van der Waals surface area contributed by atoms with Gasteiger partial charge in [-0.3, -0.25) is 4.79 Å². The van der Waals surface area contributed by atoms with Crippen molar-refractivity contribution in [2.75, 3.05) is 49.1 Å². The number of rotatable bonds is 5. The zero-order chi connectivity index (χ0) is 20.2. The lowest BCUT2D eigenvalue weighted by molar-refractivity contribution is -0.131. The second-order valence-corrected chi connectivity index (χ2v) is 7.93. The second-order valence-electron chi connectivity index (χ2n) is 7.93. The van der Waals surface area contributed by atoms with Crippen LogP contribution in [0, 0.1) is 13.8 Å². The van der Waals surface area contributed by atoms with Gasteiger partial charge in [-0.25, -0.2) is 4.98 Å². The molecule has 0 saturated carbocycles. The maximum atomic E-state index is 12.6. The van der Waals surface area contributed by atoms with Crippen LogP contribution in [0.2, 0.25) is 0 Å². The van der Waals surface area contributed by atoms with Gasteiger partial charge in [0.2, 0.25) is 11.9 Å². The third-order valence-corrected chi connectivity index (χ3v) is 5.99. The van der Waals surface area contributed by atoms with Crippen LogP contribution in [0.25, 0.3) is 0 Å². The van der Waals surface area contributed by atoms with E-state index in [1.165, 1.54) is 19.3 Å². The van der Waals surface area contributed by atoms with Crippen LogP contribution in [-0.4, -0.2) is 65.2 Å². The van der Waals surface area contributed by atoms with Gasteiger partial charge in [0.1, 0.15) is 11.6 Å². The van der Waals surface area contributed by atoms with E-state index < -0.39 is 0 Å². The molecule has 8 nitrogen and oxygen atoms in total. The van der Waals surface area contributed by atoms with Gasteiger partial charge in [0, 0.05) is 57.4 Å². The second kappa shape index (κ2) is 8.80. The molecule has 0 radical (unpaired) electrons. The molecule has 4 heterocycles. The van der Waals surface area contributed by atoms with E-state index in [2.05, 4.69) is 19.9 Å². The lowest BCUT2D eigenvalue weighted by atomic mass is 10.1. The lowest BCUT2D eigenvalue weighted by Crippen LogP contribution is -2.49. The molecule has 2 aliphatic heterocycles. The first kappa shape index (κ1) is 19.7. The zero-order valence-electron chi connectivity index (χ0n) is 17.4. The number of piperazine rings is 1. The number of carbonyl (C=O) groups excluding carboxylic acids is 1. The number of carbonyl (C=O) groups is 1. The summed E-state index contributed by atoms with van der Waals surface area (Å²) in [4.78, 5) is 28.4. The average molecular weight is 399 g/mol. The number of amides is 1. The van der Waals surface area contributed by atoms with Gasteiger partial charge in [0.15, 0.2) is 0 Å². The molecule has 0 unspecified atom stereocenters. The molecule has 8 heteroatoms. The van der Waals surface area contributed by atoms with Crippen molar-refractivity contribution in [3.05, 3.63) is 29.3 Å². The van der Waals surface area contributed by atoms with Crippen molar-refractivity contribution in [1.29, 1.82) is 0 Å². The molecule has 0 N–H and O–H groups in total. The van der Waals surface area contributed by atoms with Gasteiger partial charge in [-0.1, -0.05) is 5.16 Å². The van der Waals surface area contributed by atoms with Gasteiger partial charge >= 0.3 is 0 Å². The highest BCUT2D eigenvalue weighted by Gasteiger charge is 2.23. The summed E-state index contributed by atoms with van der Waals surface area (Å²) in [6.45, 7) is 8.95. The van der Waals surface area contributed by atoms with Gasteiger partial charge in [-0.05, 0) is 45.6 Å². The minimum atomic E-state index is 0.196.